The minimum absolute atomic E-state index is 0.0240. The van der Waals surface area contributed by atoms with Gasteiger partial charge >= 0.3 is 6.69 Å². The summed E-state index contributed by atoms with van der Waals surface area (Å²) < 4.78 is 11.9. The highest BCUT2D eigenvalue weighted by Crippen LogP contribution is 2.45. The Labute approximate surface area is 192 Å². The monoisotopic (exact) mass is 469 g/mol. The van der Waals surface area contributed by atoms with Crippen molar-refractivity contribution in [3.63, 3.8) is 0 Å². The first-order valence-electron chi connectivity index (χ1n) is 10.6. The van der Waals surface area contributed by atoms with E-state index >= 15 is 0 Å². The van der Waals surface area contributed by atoms with E-state index in [2.05, 4.69) is 19.2 Å². The van der Waals surface area contributed by atoms with E-state index in [0.29, 0.717) is 18.1 Å². The van der Waals surface area contributed by atoms with E-state index in [1.807, 2.05) is 11.7 Å². The Morgan fingerprint density at radius 2 is 2.00 bits per heavy atom. The van der Waals surface area contributed by atoms with Crippen molar-refractivity contribution in [2.24, 2.45) is 5.92 Å². The SMILES string of the molecule is CC(C)C[C@H](CC(=O)CNC(=O)c1cc(Cl)ccc1Cl)[B-]12OC[C@@H](C)N1[C@H](C)C(=O)O2. The van der Waals surface area contributed by atoms with Crippen LogP contribution in [0.4, 0.5) is 0 Å². The van der Waals surface area contributed by atoms with Crippen LogP contribution in [0.2, 0.25) is 15.9 Å². The molecule has 0 radical (unpaired) electrons. The fourth-order valence-electron chi connectivity index (χ4n) is 4.77. The number of nitrogens with one attached hydrogen (secondary N) is 1. The van der Waals surface area contributed by atoms with E-state index in [1.54, 1.807) is 13.0 Å². The summed E-state index contributed by atoms with van der Waals surface area (Å²) in [6.45, 7) is 6.12. The Morgan fingerprint density at radius 1 is 1.29 bits per heavy atom. The van der Waals surface area contributed by atoms with Crippen LogP contribution in [0.1, 0.15) is 50.9 Å². The van der Waals surface area contributed by atoms with Crippen LogP contribution in [0.3, 0.4) is 0 Å². The molecule has 0 saturated carbocycles. The molecule has 2 aliphatic rings. The average molecular weight is 470 g/mol. The van der Waals surface area contributed by atoms with Gasteiger partial charge in [-0.1, -0.05) is 56.2 Å². The Kier molecular flexibility index (Phi) is 7.36. The molecule has 7 nitrogen and oxygen atoms in total. The van der Waals surface area contributed by atoms with Gasteiger partial charge in [-0.05, 0) is 43.5 Å². The molecule has 2 saturated heterocycles. The Bertz CT molecular complexity index is 883. The summed E-state index contributed by atoms with van der Waals surface area (Å²) in [7, 11) is 0. The van der Waals surface area contributed by atoms with Crippen molar-refractivity contribution < 1.29 is 23.7 Å². The first-order valence-corrected chi connectivity index (χ1v) is 11.3. The molecule has 1 amide bonds. The number of hydrogen-bond donors (Lipinski definition) is 1. The van der Waals surface area contributed by atoms with Gasteiger partial charge in [-0.3, -0.25) is 14.4 Å². The highest BCUT2D eigenvalue weighted by molar-refractivity contribution is 6.70. The number of hydrogen-bond acceptors (Lipinski definition) is 6. The van der Waals surface area contributed by atoms with Crippen LogP contribution in [0.25, 0.3) is 0 Å². The third kappa shape index (κ3) is 4.92. The van der Waals surface area contributed by atoms with Crippen LogP contribution in [-0.4, -0.2) is 54.4 Å². The van der Waals surface area contributed by atoms with E-state index in [0.717, 1.165) is 0 Å². The summed E-state index contributed by atoms with van der Waals surface area (Å²) in [4.78, 5) is 39.6. The van der Waals surface area contributed by atoms with E-state index in [9.17, 15) is 14.4 Å². The Balaban J connectivity index is 1.71. The highest BCUT2D eigenvalue weighted by Gasteiger charge is 2.57. The Morgan fingerprint density at radius 3 is 2.68 bits per heavy atom. The number of halogens is 2. The smallest absolute Gasteiger partial charge is 0.378 e. The molecule has 0 spiro atoms. The minimum atomic E-state index is -2.06. The lowest BCUT2D eigenvalue weighted by Crippen LogP contribution is -2.55. The predicted octanol–water partition coefficient (Wildman–Crippen LogP) is 3.70. The third-order valence-electron chi connectivity index (χ3n) is 6.05. The standard InChI is InChI=1S/C21H28BCl2N2O5/c1-12(2)7-15(22-26(13(3)11-30-22)14(4)21(29)31-22)8-17(27)10-25-20(28)18-9-16(23)5-6-19(18)24/h5-6,9,12-15H,7-8,10-11H2,1-4H3,(H,25,28)/q-1/t13-,14-,15-,22?/m1/s1. The lowest BCUT2D eigenvalue weighted by atomic mass is 9.53. The number of amides is 1. The van der Waals surface area contributed by atoms with E-state index < -0.39 is 18.6 Å². The second-order valence-corrected chi connectivity index (χ2v) is 9.75. The molecule has 2 heterocycles. The molecular weight excluding hydrogens is 442 g/mol. The number of carbonyl (C=O) groups excluding carboxylic acids is 3. The first kappa shape index (κ1) is 24.0. The summed E-state index contributed by atoms with van der Waals surface area (Å²) in [6, 6.07) is 4.19. The predicted molar refractivity (Wildman–Crippen MR) is 120 cm³/mol. The van der Waals surface area contributed by atoms with Gasteiger partial charge in [-0.25, -0.2) is 0 Å². The van der Waals surface area contributed by atoms with Gasteiger partial charge in [0, 0.05) is 11.6 Å². The number of fused-ring (bicyclic) bond motifs is 1. The highest BCUT2D eigenvalue weighted by atomic mass is 35.5. The van der Waals surface area contributed by atoms with Crippen LogP contribution < -0.4 is 5.32 Å². The van der Waals surface area contributed by atoms with Crippen molar-refractivity contribution in [1.82, 2.24) is 10.1 Å². The molecule has 0 bridgehead atoms. The van der Waals surface area contributed by atoms with Gasteiger partial charge in [0.1, 0.15) is 5.78 Å². The quantitative estimate of drug-likeness (QED) is 0.584. The first-order chi connectivity index (χ1) is 14.5. The zero-order chi connectivity index (χ0) is 22.9. The van der Waals surface area contributed by atoms with E-state index in [1.165, 1.54) is 12.1 Å². The van der Waals surface area contributed by atoms with Gasteiger partial charge in [0.25, 0.3) is 11.9 Å². The summed E-state index contributed by atoms with van der Waals surface area (Å²) in [6.07, 6.45) is 0.786. The molecule has 1 aromatic carbocycles. The molecule has 2 fully saturated rings. The van der Waals surface area contributed by atoms with Gasteiger partial charge in [0.05, 0.1) is 23.2 Å². The van der Waals surface area contributed by atoms with Crippen LogP contribution >= 0.6 is 23.2 Å². The maximum Gasteiger partial charge on any atom is 0.378 e. The van der Waals surface area contributed by atoms with Crippen molar-refractivity contribution in [3.8, 4) is 0 Å². The molecular formula is C21H28BCl2N2O5-. The molecule has 10 heteroatoms. The maximum absolute atomic E-state index is 12.8. The normalized spacial score (nSPS) is 26.6. The number of benzene rings is 1. The van der Waals surface area contributed by atoms with Gasteiger partial charge < -0.3 is 19.4 Å². The van der Waals surface area contributed by atoms with E-state index in [4.69, 9.17) is 32.5 Å². The van der Waals surface area contributed by atoms with Gasteiger partial charge in [-0.15, -0.1) is 0 Å². The fraction of sp³-hybridized carbons (Fsp3) is 0.571. The molecule has 170 valence electrons. The molecule has 0 aromatic heterocycles. The molecule has 31 heavy (non-hydrogen) atoms. The third-order valence-corrected chi connectivity index (χ3v) is 6.62. The zero-order valence-corrected chi connectivity index (χ0v) is 19.7. The van der Waals surface area contributed by atoms with E-state index in [-0.39, 0.29) is 53.1 Å². The summed E-state index contributed by atoms with van der Waals surface area (Å²) in [5.41, 5.74) is 0.209. The minimum Gasteiger partial charge on any atom is -0.652 e. The topological polar surface area (TPSA) is 84.9 Å². The number of nitrogens with zero attached hydrogens (tertiary/aromatic N) is 1. The van der Waals surface area contributed by atoms with Crippen LogP contribution in [0.5, 0.6) is 0 Å². The molecule has 1 N–H and O–H groups in total. The Hall–Kier alpha value is -1.61. The van der Waals surface area contributed by atoms with Crippen LogP contribution in [0, 0.1) is 5.92 Å². The largest absolute Gasteiger partial charge is 0.652 e. The second-order valence-electron chi connectivity index (χ2n) is 8.91. The van der Waals surface area contributed by atoms with Gasteiger partial charge in [0.2, 0.25) is 0 Å². The average Bonchev–Trinajstić information content (AvgIpc) is 3.16. The van der Waals surface area contributed by atoms with Gasteiger partial charge in [0.15, 0.2) is 0 Å². The van der Waals surface area contributed by atoms with Crippen molar-refractivity contribution in [3.05, 3.63) is 33.8 Å². The lowest BCUT2D eigenvalue weighted by molar-refractivity contribution is -0.136. The summed E-state index contributed by atoms with van der Waals surface area (Å²) in [5, 5.41) is 3.25. The lowest BCUT2D eigenvalue weighted by Gasteiger charge is -2.44. The molecule has 3 rings (SSSR count). The van der Waals surface area contributed by atoms with Crippen molar-refractivity contribution in [2.45, 2.75) is 58.4 Å². The number of Topliss-reactive ketones (excluding diaryl/α,β-unsaturated/α-hetero) is 1. The van der Waals surface area contributed by atoms with Crippen molar-refractivity contribution in [2.75, 3.05) is 13.2 Å². The van der Waals surface area contributed by atoms with Crippen molar-refractivity contribution >= 4 is 47.5 Å². The number of carbonyl (C=O) groups is 3. The molecule has 0 aliphatic carbocycles. The molecule has 1 unspecified atom stereocenters. The van der Waals surface area contributed by atoms with Crippen LogP contribution in [0.15, 0.2) is 18.2 Å². The summed E-state index contributed by atoms with van der Waals surface area (Å²) in [5.74, 6) is -0.996. The van der Waals surface area contributed by atoms with Crippen LogP contribution in [-0.2, 0) is 18.9 Å². The molecule has 2 aliphatic heterocycles. The molecule has 1 aromatic rings. The molecule has 4 atom stereocenters. The second kappa shape index (κ2) is 9.49. The summed E-state index contributed by atoms with van der Waals surface area (Å²) >= 11 is 12.0. The van der Waals surface area contributed by atoms with Crippen molar-refractivity contribution in [1.29, 1.82) is 0 Å². The number of ketones is 1. The maximum atomic E-state index is 12.8. The van der Waals surface area contributed by atoms with Gasteiger partial charge in [-0.2, -0.15) is 0 Å². The fourth-order valence-corrected chi connectivity index (χ4v) is 5.15. The zero-order valence-electron chi connectivity index (χ0n) is 18.2. The number of rotatable bonds is 8.